The van der Waals surface area contributed by atoms with E-state index in [1.807, 2.05) is 13.8 Å². The first-order chi connectivity index (χ1) is 7.06. The number of benzene rings is 1. The van der Waals surface area contributed by atoms with Crippen molar-refractivity contribution in [3.8, 4) is 0 Å². The Balaban J connectivity index is 2.88. The molecule has 1 N–H and O–H groups in total. The van der Waals surface area contributed by atoms with E-state index in [1.165, 1.54) is 0 Å². The predicted molar refractivity (Wildman–Crippen MR) is 58.1 cm³/mol. The summed E-state index contributed by atoms with van der Waals surface area (Å²) in [7, 11) is 0. The molecule has 1 nitrogen and oxygen atoms in total. The first-order valence-electron chi connectivity index (χ1n) is 4.94. The zero-order chi connectivity index (χ0) is 11.4. The summed E-state index contributed by atoms with van der Waals surface area (Å²) < 4.78 is 25.8. The second-order valence-corrected chi connectivity index (χ2v) is 3.87. The first-order valence-corrected chi connectivity index (χ1v) is 5.31. The third-order valence-corrected chi connectivity index (χ3v) is 2.53. The van der Waals surface area contributed by atoms with Gasteiger partial charge in [-0.15, -0.1) is 0 Å². The third-order valence-electron chi connectivity index (χ3n) is 2.21. The average molecular weight is 234 g/mol. The smallest absolute Gasteiger partial charge is 0.160 e. The van der Waals surface area contributed by atoms with Crippen molar-refractivity contribution < 1.29 is 8.78 Å². The second kappa shape index (κ2) is 5.42. The van der Waals surface area contributed by atoms with Gasteiger partial charge in [-0.25, -0.2) is 8.78 Å². The molecule has 1 aromatic carbocycles. The fourth-order valence-electron chi connectivity index (χ4n) is 1.34. The Bertz CT molecular complexity index is 342. The lowest BCUT2D eigenvalue weighted by molar-refractivity contribution is 0.501. The van der Waals surface area contributed by atoms with Crippen molar-refractivity contribution in [1.82, 2.24) is 5.32 Å². The molecule has 0 fully saturated rings. The summed E-state index contributed by atoms with van der Waals surface area (Å²) in [6, 6.07) is 2.08. The van der Waals surface area contributed by atoms with Crippen LogP contribution in [0.15, 0.2) is 12.1 Å². The van der Waals surface area contributed by atoms with E-state index >= 15 is 0 Å². The molecule has 1 atom stereocenters. The Morgan fingerprint density at radius 1 is 1.33 bits per heavy atom. The van der Waals surface area contributed by atoms with Crippen LogP contribution in [-0.4, -0.2) is 6.54 Å². The van der Waals surface area contributed by atoms with Gasteiger partial charge in [0.25, 0.3) is 0 Å². The van der Waals surface area contributed by atoms with Crippen molar-refractivity contribution in [2.24, 2.45) is 0 Å². The molecular weight excluding hydrogens is 220 g/mol. The minimum Gasteiger partial charge on any atom is -0.310 e. The molecule has 1 aromatic rings. The second-order valence-electron chi connectivity index (χ2n) is 3.46. The van der Waals surface area contributed by atoms with Gasteiger partial charge in [0.05, 0.1) is 0 Å². The summed E-state index contributed by atoms with van der Waals surface area (Å²) in [5.41, 5.74) is 0.587. The van der Waals surface area contributed by atoms with Crippen LogP contribution in [0.25, 0.3) is 0 Å². The van der Waals surface area contributed by atoms with Gasteiger partial charge in [-0.2, -0.15) is 0 Å². The number of nitrogens with one attached hydrogen (secondary N) is 1. The van der Waals surface area contributed by atoms with Crippen LogP contribution in [0, 0.1) is 11.6 Å². The summed E-state index contributed by atoms with van der Waals surface area (Å²) in [4.78, 5) is 0. The Morgan fingerprint density at radius 2 is 1.93 bits per heavy atom. The zero-order valence-corrected chi connectivity index (χ0v) is 9.54. The van der Waals surface area contributed by atoms with Crippen LogP contribution in [0.5, 0.6) is 0 Å². The molecule has 0 spiro atoms. The maximum Gasteiger partial charge on any atom is 0.160 e. The quantitative estimate of drug-likeness (QED) is 0.783. The maximum absolute atomic E-state index is 13.0. The molecule has 0 bridgehead atoms. The van der Waals surface area contributed by atoms with E-state index < -0.39 is 11.6 Å². The van der Waals surface area contributed by atoms with Crippen LogP contribution in [-0.2, 0) is 0 Å². The molecule has 0 saturated heterocycles. The summed E-state index contributed by atoms with van der Waals surface area (Å²) in [5, 5.41) is 3.42. The predicted octanol–water partition coefficient (Wildman–Crippen LogP) is 3.68. The van der Waals surface area contributed by atoms with Crippen LogP contribution in [0.3, 0.4) is 0 Å². The Labute approximate surface area is 93.4 Å². The van der Waals surface area contributed by atoms with Gasteiger partial charge in [-0.05, 0) is 37.6 Å². The SMILES string of the molecule is CCCNC(C)c1cc(F)c(F)cc1Cl. The van der Waals surface area contributed by atoms with Crippen molar-refractivity contribution in [3.63, 3.8) is 0 Å². The monoisotopic (exact) mass is 233 g/mol. The van der Waals surface area contributed by atoms with Crippen LogP contribution >= 0.6 is 11.6 Å². The number of halogens is 3. The average Bonchev–Trinajstić information content (AvgIpc) is 2.20. The van der Waals surface area contributed by atoms with E-state index in [9.17, 15) is 8.78 Å². The molecule has 0 aromatic heterocycles. The lowest BCUT2D eigenvalue weighted by Crippen LogP contribution is -2.19. The molecule has 0 radical (unpaired) electrons. The fraction of sp³-hybridized carbons (Fsp3) is 0.455. The van der Waals surface area contributed by atoms with Crippen molar-refractivity contribution >= 4 is 11.6 Å². The summed E-state index contributed by atoms with van der Waals surface area (Å²) in [6.07, 6.45) is 0.978. The largest absolute Gasteiger partial charge is 0.310 e. The van der Waals surface area contributed by atoms with Crippen LogP contribution < -0.4 is 5.32 Å². The number of rotatable bonds is 4. The van der Waals surface area contributed by atoms with Crippen LogP contribution in [0.2, 0.25) is 5.02 Å². The van der Waals surface area contributed by atoms with E-state index in [2.05, 4.69) is 5.32 Å². The third kappa shape index (κ3) is 3.14. The molecule has 1 unspecified atom stereocenters. The highest BCUT2D eigenvalue weighted by Gasteiger charge is 2.13. The first kappa shape index (κ1) is 12.4. The van der Waals surface area contributed by atoms with Gasteiger partial charge in [0.1, 0.15) is 0 Å². The van der Waals surface area contributed by atoms with Crippen molar-refractivity contribution in [2.45, 2.75) is 26.3 Å². The lowest BCUT2D eigenvalue weighted by atomic mass is 10.1. The fourth-order valence-corrected chi connectivity index (χ4v) is 1.65. The van der Waals surface area contributed by atoms with Crippen LogP contribution in [0.4, 0.5) is 8.78 Å². The minimum atomic E-state index is -0.911. The standard InChI is InChI=1S/C11H14ClF2N/c1-3-4-15-7(2)8-5-10(13)11(14)6-9(8)12/h5-7,15H,3-4H2,1-2H3. The molecule has 84 valence electrons. The normalized spacial score (nSPS) is 12.9. The van der Waals surface area contributed by atoms with E-state index in [1.54, 1.807) is 0 Å². The molecule has 0 saturated carbocycles. The molecule has 1 rings (SSSR count). The summed E-state index contributed by atoms with van der Waals surface area (Å²) >= 11 is 5.83. The highest BCUT2D eigenvalue weighted by Crippen LogP contribution is 2.25. The molecule has 0 aliphatic rings. The van der Waals surface area contributed by atoms with Crippen molar-refractivity contribution in [3.05, 3.63) is 34.4 Å². The molecule has 4 heteroatoms. The number of hydrogen-bond donors (Lipinski definition) is 1. The molecular formula is C11H14ClF2N. The van der Waals surface area contributed by atoms with Gasteiger partial charge in [-0.3, -0.25) is 0 Å². The highest BCUT2D eigenvalue weighted by molar-refractivity contribution is 6.31. The molecule has 0 heterocycles. The Hall–Kier alpha value is -0.670. The molecule has 0 amide bonds. The summed E-state index contributed by atoms with van der Waals surface area (Å²) in [5.74, 6) is -1.77. The van der Waals surface area contributed by atoms with E-state index in [4.69, 9.17) is 11.6 Å². The maximum atomic E-state index is 13.0. The van der Waals surface area contributed by atoms with Crippen LogP contribution in [0.1, 0.15) is 31.9 Å². The Morgan fingerprint density at radius 3 is 2.53 bits per heavy atom. The molecule has 15 heavy (non-hydrogen) atoms. The van der Waals surface area contributed by atoms with Gasteiger partial charge in [-0.1, -0.05) is 18.5 Å². The van der Waals surface area contributed by atoms with Gasteiger partial charge in [0.15, 0.2) is 11.6 Å². The number of hydrogen-bond acceptors (Lipinski definition) is 1. The zero-order valence-electron chi connectivity index (χ0n) is 8.78. The lowest BCUT2D eigenvalue weighted by Gasteiger charge is -2.15. The van der Waals surface area contributed by atoms with Gasteiger partial charge in [0, 0.05) is 11.1 Å². The van der Waals surface area contributed by atoms with Crippen molar-refractivity contribution in [1.29, 1.82) is 0 Å². The Kier molecular flexibility index (Phi) is 4.48. The molecule has 0 aliphatic carbocycles. The topological polar surface area (TPSA) is 12.0 Å². The van der Waals surface area contributed by atoms with Crippen molar-refractivity contribution in [2.75, 3.05) is 6.54 Å². The highest BCUT2D eigenvalue weighted by atomic mass is 35.5. The molecule has 0 aliphatic heterocycles. The van der Waals surface area contributed by atoms with Gasteiger partial charge >= 0.3 is 0 Å². The van der Waals surface area contributed by atoms with Gasteiger partial charge in [0.2, 0.25) is 0 Å². The van der Waals surface area contributed by atoms with E-state index in [0.717, 1.165) is 25.1 Å². The van der Waals surface area contributed by atoms with E-state index in [0.29, 0.717) is 5.56 Å². The minimum absolute atomic E-state index is 0.0763. The van der Waals surface area contributed by atoms with Gasteiger partial charge < -0.3 is 5.32 Å². The van der Waals surface area contributed by atoms with E-state index in [-0.39, 0.29) is 11.1 Å². The summed E-state index contributed by atoms with van der Waals surface area (Å²) in [6.45, 7) is 4.72.